The van der Waals surface area contributed by atoms with Crippen molar-refractivity contribution in [3.8, 4) is 0 Å². The standard InChI is InChI=1S/C13H9ClFN3/c14-10-3-6-12-16-17-13(18(12)8-10)7-9-1-4-11(15)5-2-9/h1-6,8H,7H2. The topological polar surface area (TPSA) is 30.2 Å². The average Bonchev–Trinajstić information content (AvgIpc) is 2.75. The lowest BCUT2D eigenvalue weighted by Gasteiger charge is -2.01. The van der Waals surface area contributed by atoms with Crippen molar-refractivity contribution >= 4 is 17.2 Å². The Kier molecular flexibility index (Phi) is 2.72. The smallest absolute Gasteiger partial charge is 0.160 e. The molecule has 0 spiro atoms. The van der Waals surface area contributed by atoms with Crippen molar-refractivity contribution in [2.45, 2.75) is 6.42 Å². The van der Waals surface area contributed by atoms with Gasteiger partial charge in [0.25, 0.3) is 0 Å². The first-order chi connectivity index (χ1) is 8.72. The van der Waals surface area contributed by atoms with E-state index in [1.807, 2.05) is 10.5 Å². The van der Waals surface area contributed by atoms with Crippen molar-refractivity contribution in [2.24, 2.45) is 0 Å². The van der Waals surface area contributed by atoms with Gasteiger partial charge in [0.1, 0.15) is 11.6 Å². The average molecular weight is 262 g/mol. The Morgan fingerprint density at radius 1 is 1.06 bits per heavy atom. The van der Waals surface area contributed by atoms with E-state index < -0.39 is 0 Å². The van der Waals surface area contributed by atoms with Crippen molar-refractivity contribution in [3.63, 3.8) is 0 Å². The zero-order valence-corrected chi connectivity index (χ0v) is 10.1. The van der Waals surface area contributed by atoms with Crippen LogP contribution in [0.2, 0.25) is 5.02 Å². The molecule has 3 nitrogen and oxygen atoms in total. The zero-order chi connectivity index (χ0) is 12.5. The quantitative estimate of drug-likeness (QED) is 0.710. The van der Waals surface area contributed by atoms with Gasteiger partial charge >= 0.3 is 0 Å². The molecule has 3 rings (SSSR count). The number of hydrogen-bond acceptors (Lipinski definition) is 2. The molecular formula is C13H9ClFN3. The Balaban J connectivity index is 1.99. The molecule has 0 saturated carbocycles. The van der Waals surface area contributed by atoms with Gasteiger partial charge in [0.2, 0.25) is 0 Å². The van der Waals surface area contributed by atoms with Crippen LogP contribution >= 0.6 is 11.6 Å². The fourth-order valence-electron chi connectivity index (χ4n) is 1.82. The van der Waals surface area contributed by atoms with Crippen molar-refractivity contribution in [3.05, 3.63) is 64.8 Å². The second kappa shape index (κ2) is 4.38. The molecule has 0 bridgehead atoms. The van der Waals surface area contributed by atoms with Crippen molar-refractivity contribution < 1.29 is 4.39 Å². The maximum Gasteiger partial charge on any atom is 0.160 e. The van der Waals surface area contributed by atoms with Crippen LogP contribution in [0, 0.1) is 5.82 Å². The first-order valence-corrected chi connectivity index (χ1v) is 5.84. The molecule has 5 heteroatoms. The highest BCUT2D eigenvalue weighted by Gasteiger charge is 2.06. The number of halogens is 2. The third-order valence-corrected chi connectivity index (χ3v) is 2.94. The lowest BCUT2D eigenvalue weighted by atomic mass is 10.1. The number of nitrogens with zero attached hydrogens (tertiary/aromatic N) is 3. The largest absolute Gasteiger partial charge is 0.285 e. The van der Waals surface area contributed by atoms with E-state index in [0.29, 0.717) is 11.4 Å². The van der Waals surface area contributed by atoms with Crippen LogP contribution in [0.25, 0.3) is 5.65 Å². The minimum atomic E-state index is -0.243. The van der Waals surface area contributed by atoms with Crippen molar-refractivity contribution in [1.29, 1.82) is 0 Å². The molecule has 0 aliphatic carbocycles. The summed E-state index contributed by atoms with van der Waals surface area (Å²) in [4.78, 5) is 0. The van der Waals surface area contributed by atoms with E-state index in [-0.39, 0.29) is 5.82 Å². The number of fused-ring (bicyclic) bond motifs is 1. The predicted molar refractivity (Wildman–Crippen MR) is 67.2 cm³/mol. The van der Waals surface area contributed by atoms with Gasteiger partial charge in [0.05, 0.1) is 5.02 Å². The van der Waals surface area contributed by atoms with E-state index in [0.717, 1.165) is 17.0 Å². The molecule has 0 saturated heterocycles. The highest BCUT2D eigenvalue weighted by atomic mass is 35.5. The third kappa shape index (κ3) is 2.07. The van der Waals surface area contributed by atoms with E-state index in [4.69, 9.17) is 11.6 Å². The van der Waals surface area contributed by atoms with Gasteiger partial charge in [0, 0.05) is 12.6 Å². The van der Waals surface area contributed by atoms with Crippen LogP contribution in [0.1, 0.15) is 11.4 Å². The molecule has 2 heterocycles. The third-order valence-electron chi connectivity index (χ3n) is 2.71. The summed E-state index contributed by atoms with van der Waals surface area (Å²) in [5, 5.41) is 8.80. The van der Waals surface area contributed by atoms with Gasteiger partial charge in [0.15, 0.2) is 5.65 Å². The molecule has 0 aliphatic heterocycles. The second-order valence-electron chi connectivity index (χ2n) is 3.99. The van der Waals surface area contributed by atoms with E-state index in [2.05, 4.69) is 10.2 Å². The minimum absolute atomic E-state index is 0.243. The van der Waals surface area contributed by atoms with Gasteiger partial charge in [-0.05, 0) is 29.8 Å². The van der Waals surface area contributed by atoms with Gasteiger partial charge in [-0.3, -0.25) is 4.40 Å². The van der Waals surface area contributed by atoms with Gasteiger partial charge < -0.3 is 0 Å². The molecular weight excluding hydrogens is 253 g/mol. The Morgan fingerprint density at radius 3 is 2.61 bits per heavy atom. The van der Waals surface area contributed by atoms with E-state index >= 15 is 0 Å². The Morgan fingerprint density at radius 2 is 1.83 bits per heavy atom. The van der Waals surface area contributed by atoms with Crippen LogP contribution in [0.15, 0.2) is 42.6 Å². The normalized spacial score (nSPS) is 11.0. The molecule has 0 amide bonds. The predicted octanol–water partition coefficient (Wildman–Crippen LogP) is 3.11. The number of benzene rings is 1. The summed E-state index contributed by atoms with van der Waals surface area (Å²) in [6, 6.07) is 9.93. The van der Waals surface area contributed by atoms with E-state index in [9.17, 15) is 4.39 Å². The Labute approximate surface area is 108 Å². The molecule has 1 aromatic carbocycles. The summed E-state index contributed by atoms with van der Waals surface area (Å²) in [5.74, 6) is 0.534. The van der Waals surface area contributed by atoms with Gasteiger partial charge in [-0.2, -0.15) is 0 Å². The molecule has 2 aromatic heterocycles. The first kappa shape index (κ1) is 11.2. The lowest BCUT2D eigenvalue weighted by molar-refractivity contribution is 0.627. The molecule has 0 atom stereocenters. The summed E-state index contributed by atoms with van der Waals surface area (Å²) >= 11 is 5.95. The summed E-state index contributed by atoms with van der Waals surface area (Å²) in [7, 11) is 0. The fourth-order valence-corrected chi connectivity index (χ4v) is 1.98. The zero-order valence-electron chi connectivity index (χ0n) is 9.35. The highest BCUT2D eigenvalue weighted by Crippen LogP contribution is 2.14. The van der Waals surface area contributed by atoms with Crippen molar-refractivity contribution in [2.75, 3.05) is 0 Å². The molecule has 90 valence electrons. The van der Waals surface area contributed by atoms with Gasteiger partial charge in [-0.25, -0.2) is 4.39 Å². The highest BCUT2D eigenvalue weighted by molar-refractivity contribution is 6.30. The molecule has 0 aliphatic rings. The molecule has 0 radical (unpaired) electrons. The van der Waals surface area contributed by atoms with Crippen LogP contribution in [0.5, 0.6) is 0 Å². The van der Waals surface area contributed by atoms with Gasteiger partial charge in [-0.15, -0.1) is 10.2 Å². The maximum absolute atomic E-state index is 12.8. The van der Waals surface area contributed by atoms with Crippen LogP contribution in [-0.4, -0.2) is 14.6 Å². The number of pyridine rings is 1. The van der Waals surface area contributed by atoms with Crippen LogP contribution < -0.4 is 0 Å². The molecule has 0 N–H and O–H groups in total. The molecule has 18 heavy (non-hydrogen) atoms. The van der Waals surface area contributed by atoms with Crippen LogP contribution in [0.4, 0.5) is 4.39 Å². The van der Waals surface area contributed by atoms with E-state index in [1.165, 1.54) is 12.1 Å². The first-order valence-electron chi connectivity index (χ1n) is 5.46. The van der Waals surface area contributed by atoms with Crippen LogP contribution in [0.3, 0.4) is 0 Å². The summed E-state index contributed by atoms with van der Waals surface area (Å²) in [5.41, 5.74) is 1.72. The maximum atomic E-state index is 12.8. The monoisotopic (exact) mass is 261 g/mol. The number of hydrogen-bond donors (Lipinski definition) is 0. The SMILES string of the molecule is Fc1ccc(Cc2nnc3ccc(Cl)cn23)cc1. The Bertz CT molecular complexity index is 691. The van der Waals surface area contributed by atoms with E-state index in [1.54, 1.807) is 24.4 Å². The molecule has 0 fully saturated rings. The summed E-state index contributed by atoms with van der Waals surface area (Å²) < 4.78 is 14.7. The minimum Gasteiger partial charge on any atom is -0.285 e. The van der Waals surface area contributed by atoms with Crippen molar-refractivity contribution in [1.82, 2.24) is 14.6 Å². The van der Waals surface area contributed by atoms with Gasteiger partial charge in [-0.1, -0.05) is 23.7 Å². The second-order valence-corrected chi connectivity index (χ2v) is 4.43. The lowest BCUT2D eigenvalue weighted by Crippen LogP contribution is -1.96. The fraction of sp³-hybridized carbons (Fsp3) is 0.0769. The Hall–Kier alpha value is -1.94. The summed E-state index contributed by atoms with van der Waals surface area (Å²) in [6.07, 6.45) is 2.36. The molecule has 3 aromatic rings. The van der Waals surface area contributed by atoms with Crippen LogP contribution in [-0.2, 0) is 6.42 Å². The number of rotatable bonds is 2. The molecule has 0 unspecified atom stereocenters. The number of aromatic nitrogens is 3. The summed E-state index contributed by atoms with van der Waals surface area (Å²) in [6.45, 7) is 0.